The molecule has 0 saturated carbocycles. The molecule has 138 valence electrons. The van der Waals surface area contributed by atoms with E-state index in [1.165, 1.54) is 13.8 Å². The van der Waals surface area contributed by atoms with Crippen molar-refractivity contribution in [1.29, 1.82) is 0 Å². The molecule has 0 spiro atoms. The maximum Gasteiger partial charge on any atom is 0.327 e. The molecule has 5 nitrogen and oxygen atoms in total. The average molecular weight is 374 g/mol. The maximum atomic E-state index is 11.9. The van der Waals surface area contributed by atoms with Crippen LogP contribution in [-0.2, 0) is 20.2 Å². The zero-order valence-electron chi connectivity index (χ0n) is 16.4. The largest absolute Gasteiger partial charge is 0.541 e. The van der Waals surface area contributed by atoms with Crippen LogP contribution in [-0.4, -0.2) is 29.2 Å². The van der Waals surface area contributed by atoms with Crippen LogP contribution in [0.5, 0.6) is 11.5 Å². The second-order valence-electron chi connectivity index (χ2n) is 7.53. The molecule has 7 heteroatoms. The van der Waals surface area contributed by atoms with Crippen LogP contribution in [0.1, 0.15) is 31.9 Å². The van der Waals surface area contributed by atoms with Crippen molar-refractivity contribution < 1.29 is 22.8 Å². The lowest BCUT2D eigenvalue weighted by molar-refractivity contribution is 0.230. The molecule has 0 heterocycles. The minimum atomic E-state index is -3.01. The highest BCUT2D eigenvalue weighted by Gasteiger charge is 2.40. The van der Waals surface area contributed by atoms with E-state index in [1.54, 1.807) is 7.11 Å². The second kappa shape index (κ2) is 7.61. The third kappa shape index (κ3) is 5.35. The van der Waals surface area contributed by atoms with Crippen LogP contribution < -0.4 is 9.16 Å². The topological polar surface area (TPSA) is 54.0 Å². The van der Waals surface area contributed by atoms with E-state index in [-0.39, 0.29) is 11.6 Å². The van der Waals surface area contributed by atoms with Crippen LogP contribution in [0.4, 0.5) is 0 Å². The molecule has 0 saturated heterocycles. The van der Waals surface area contributed by atoms with Gasteiger partial charge in [-0.15, -0.1) is 0 Å². The summed E-state index contributed by atoms with van der Waals surface area (Å²) in [5.74, 6) is 1.45. The highest BCUT2D eigenvalue weighted by atomic mass is 31.2. The van der Waals surface area contributed by atoms with Crippen molar-refractivity contribution in [3.05, 3.63) is 23.3 Å². The summed E-state index contributed by atoms with van der Waals surface area (Å²) < 4.78 is 34.0. The third-order valence-electron chi connectivity index (χ3n) is 4.48. The number of rotatable bonds is 7. The van der Waals surface area contributed by atoms with Gasteiger partial charge >= 0.3 is 7.60 Å². The van der Waals surface area contributed by atoms with Crippen molar-refractivity contribution in [2.24, 2.45) is 0 Å². The van der Waals surface area contributed by atoms with Crippen molar-refractivity contribution in [1.82, 2.24) is 0 Å². The Morgan fingerprint density at radius 3 is 2.21 bits per heavy atom. The molecule has 0 fully saturated rings. The molecule has 0 N–H and O–H groups in total. The molecular formula is C17H31O5PSi. The molecular weight excluding hydrogens is 343 g/mol. The monoisotopic (exact) mass is 374 g/mol. The number of benzene rings is 1. The van der Waals surface area contributed by atoms with Gasteiger partial charge < -0.3 is 18.2 Å². The summed E-state index contributed by atoms with van der Waals surface area (Å²) >= 11 is 0. The van der Waals surface area contributed by atoms with E-state index in [4.69, 9.17) is 18.2 Å². The molecule has 1 unspecified atom stereocenters. The molecule has 1 atom stereocenters. The molecule has 0 aliphatic carbocycles. The fraction of sp³-hybridized carbons (Fsp3) is 0.647. The van der Waals surface area contributed by atoms with E-state index in [2.05, 4.69) is 33.9 Å². The Balaban J connectivity index is 3.11. The number of ether oxygens (including phenoxy) is 1. The summed E-state index contributed by atoms with van der Waals surface area (Å²) in [6.07, 6.45) is 0. The Labute approximate surface area is 147 Å². The SMILES string of the molecule is COc1cc(COP(C)(=O)OC)cc(C)c1O[Si](C)(C)C(C)(C)C. The smallest absolute Gasteiger partial charge is 0.327 e. The lowest BCUT2D eigenvalue weighted by Crippen LogP contribution is -2.44. The lowest BCUT2D eigenvalue weighted by Gasteiger charge is -2.37. The van der Waals surface area contributed by atoms with Gasteiger partial charge in [-0.25, -0.2) is 0 Å². The van der Waals surface area contributed by atoms with Gasteiger partial charge in [-0.1, -0.05) is 20.8 Å². The molecule has 0 amide bonds. The van der Waals surface area contributed by atoms with Crippen molar-refractivity contribution in [2.45, 2.75) is 52.4 Å². The number of hydrogen-bond acceptors (Lipinski definition) is 5. The molecule has 1 aromatic carbocycles. The summed E-state index contributed by atoms with van der Waals surface area (Å²) in [5.41, 5.74) is 1.84. The predicted octanol–water partition coefficient (Wildman–Crippen LogP) is 5.37. The Morgan fingerprint density at radius 2 is 1.75 bits per heavy atom. The van der Waals surface area contributed by atoms with Crippen LogP contribution in [0.3, 0.4) is 0 Å². The third-order valence-corrected chi connectivity index (χ3v) is 10.1. The van der Waals surface area contributed by atoms with E-state index >= 15 is 0 Å². The van der Waals surface area contributed by atoms with Gasteiger partial charge in [-0.05, 0) is 48.3 Å². The molecule has 0 aromatic heterocycles. The van der Waals surface area contributed by atoms with Crippen LogP contribution in [0.25, 0.3) is 0 Å². The molecule has 0 aliphatic heterocycles. The van der Waals surface area contributed by atoms with Crippen LogP contribution in [0.15, 0.2) is 12.1 Å². The fourth-order valence-electron chi connectivity index (χ4n) is 1.83. The summed E-state index contributed by atoms with van der Waals surface area (Å²) in [6.45, 7) is 14.6. The number of hydrogen-bond donors (Lipinski definition) is 0. The van der Waals surface area contributed by atoms with Crippen LogP contribution in [0.2, 0.25) is 18.1 Å². The first kappa shape index (κ1) is 21.2. The predicted molar refractivity (Wildman–Crippen MR) is 101 cm³/mol. The molecule has 1 rings (SSSR count). The number of aryl methyl sites for hydroxylation is 1. The van der Waals surface area contributed by atoms with Crippen molar-refractivity contribution in [2.75, 3.05) is 20.9 Å². The van der Waals surface area contributed by atoms with E-state index in [9.17, 15) is 4.57 Å². The highest BCUT2D eigenvalue weighted by molar-refractivity contribution is 7.52. The average Bonchev–Trinajstić information content (AvgIpc) is 2.46. The van der Waals surface area contributed by atoms with E-state index in [0.29, 0.717) is 5.75 Å². The molecule has 0 aliphatic rings. The van der Waals surface area contributed by atoms with Gasteiger partial charge in [-0.2, -0.15) is 0 Å². The highest BCUT2D eigenvalue weighted by Crippen LogP contribution is 2.45. The quantitative estimate of drug-likeness (QED) is 0.474. The Hall–Kier alpha value is -0.813. The minimum Gasteiger partial charge on any atom is -0.541 e. The Bertz CT molecular complexity index is 622. The van der Waals surface area contributed by atoms with Gasteiger partial charge in [0.05, 0.1) is 13.7 Å². The zero-order chi connectivity index (χ0) is 18.8. The Morgan fingerprint density at radius 1 is 1.17 bits per heavy atom. The molecule has 0 radical (unpaired) electrons. The standard InChI is InChI=1S/C17H31O5PSi/c1-13-10-14(12-21-23(7,18)20-6)11-15(19-5)16(13)22-24(8,9)17(2,3)4/h10-11H,12H2,1-9H3. The van der Waals surface area contributed by atoms with Gasteiger partial charge in [0.15, 0.2) is 5.75 Å². The summed E-state index contributed by atoms with van der Waals surface area (Å²) in [5, 5.41) is 0.0968. The van der Waals surface area contributed by atoms with Crippen LogP contribution >= 0.6 is 7.60 Å². The lowest BCUT2D eigenvalue weighted by atomic mass is 10.1. The fourth-order valence-corrected chi connectivity index (χ4v) is 3.40. The van der Waals surface area contributed by atoms with E-state index < -0.39 is 15.9 Å². The first-order valence-corrected chi connectivity index (χ1v) is 12.9. The second-order valence-corrected chi connectivity index (χ2v) is 14.4. The molecule has 0 bridgehead atoms. The van der Waals surface area contributed by atoms with Gasteiger partial charge in [0.2, 0.25) is 0 Å². The summed E-state index contributed by atoms with van der Waals surface area (Å²) in [4.78, 5) is 0. The number of methoxy groups -OCH3 is 1. The maximum absolute atomic E-state index is 11.9. The van der Waals surface area contributed by atoms with Gasteiger partial charge in [0, 0.05) is 13.8 Å². The van der Waals surface area contributed by atoms with Gasteiger partial charge in [0.1, 0.15) is 5.75 Å². The summed E-state index contributed by atoms with van der Waals surface area (Å²) in [6, 6.07) is 3.84. The van der Waals surface area contributed by atoms with Crippen molar-refractivity contribution in [3.8, 4) is 11.5 Å². The Kier molecular flexibility index (Phi) is 6.73. The summed E-state index contributed by atoms with van der Waals surface area (Å²) in [7, 11) is -1.98. The van der Waals surface area contributed by atoms with Gasteiger partial charge in [-0.3, -0.25) is 4.57 Å². The van der Waals surface area contributed by atoms with Crippen molar-refractivity contribution in [3.63, 3.8) is 0 Å². The van der Waals surface area contributed by atoms with E-state index in [1.807, 2.05) is 19.1 Å². The zero-order valence-corrected chi connectivity index (χ0v) is 18.2. The normalized spacial score (nSPS) is 15.0. The first-order chi connectivity index (χ1) is 10.8. The van der Waals surface area contributed by atoms with Gasteiger partial charge in [0.25, 0.3) is 8.32 Å². The molecule has 24 heavy (non-hydrogen) atoms. The first-order valence-electron chi connectivity index (χ1n) is 7.97. The van der Waals surface area contributed by atoms with Crippen LogP contribution in [0, 0.1) is 6.92 Å². The minimum absolute atomic E-state index is 0.0968. The van der Waals surface area contributed by atoms with Crippen molar-refractivity contribution >= 4 is 15.9 Å². The van der Waals surface area contributed by atoms with E-state index in [0.717, 1.165) is 16.9 Å². The molecule has 1 aromatic rings.